The highest BCUT2D eigenvalue weighted by Gasteiger charge is 2.14. The molecule has 0 radical (unpaired) electrons. The van der Waals surface area contributed by atoms with Gasteiger partial charge in [0, 0.05) is 12.1 Å². The van der Waals surface area contributed by atoms with E-state index in [0.29, 0.717) is 29.4 Å². The molecule has 0 bridgehead atoms. The Labute approximate surface area is 114 Å². The minimum absolute atomic E-state index is 0.243. The van der Waals surface area contributed by atoms with Crippen LogP contribution in [0, 0.1) is 0 Å². The number of methoxy groups -OCH3 is 3. The minimum Gasteiger partial charge on any atom is -0.493 e. The van der Waals surface area contributed by atoms with Crippen LogP contribution in [0.1, 0.15) is 19.8 Å². The molecule has 1 unspecified atom stereocenters. The maximum absolute atomic E-state index is 9.65. The minimum atomic E-state index is -0.468. The van der Waals surface area contributed by atoms with Crippen molar-refractivity contribution in [1.29, 1.82) is 0 Å². The summed E-state index contributed by atoms with van der Waals surface area (Å²) in [5.41, 5.74) is 0. The Morgan fingerprint density at radius 2 is 1.63 bits per heavy atom. The third-order valence-corrected chi connectivity index (χ3v) is 2.70. The molecule has 1 rings (SSSR count). The van der Waals surface area contributed by atoms with Gasteiger partial charge in [0.2, 0.25) is 5.75 Å². The molecule has 1 N–H and O–H groups in total. The van der Waals surface area contributed by atoms with Gasteiger partial charge < -0.3 is 24.1 Å². The van der Waals surface area contributed by atoms with Crippen molar-refractivity contribution in [3.05, 3.63) is 12.1 Å². The quantitative estimate of drug-likeness (QED) is 0.785. The number of aliphatic hydroxyl groups excluding tert-OH is 1. The van der Waals surface area contributed by atoms with Gasteiger partial charge in [0.05, 0.1) is 27.4 Å². The van der Waals surface area contributed by atoms with Gasteiger partial charge in [-0.3, -0.25) is 0 Å². The fourth-order valence-electron chi connectivity index (χ4n) is 1.75. The lowest BCUT2D eigenvalue weighted by atomic mass is 10.2. The maximum Gasteiger partial charge on any atom is 0.203 e. The van der Waals surface area contributed by atoms with Crippen LogP contribution < -0.4 is 18.9 Å². The van der Waals surface area contributed by atoms with Gasteiger partial charge in [-0.15, -0.1) is 0 Å². The smallest absolute Gasteiger partial charge is 0.203 e. The normalized spacial score (nSPS) is 11.8. The third kappa shape index (κ3) is 4.21. The van der Waals surface area contributed by atoms with Crippen LogP contribution in [-0.2, 0) is 0 Å². The first kappa shape index (κ1) is 15.4. The van der Waals surface area contributed by atoms with E-state index in [0.717, 1.165) is 6.42 Å². The van der Waals surface area contributed by atoms with E-state index >= 15 is 0 Å². The fraction of sp³-hybridized carbons (Fsp3) is 0.571. The van der Waals surface area contributed by atoms with Crippen LogP contribution in [0.3, 0.4) is 0 Å². The third-order valence-electron chi connectivity index (χ3n) is 2.70. The largest absolute Gasteiger partial charge is 0.493 e. The van der Waals surface area contributed by atoms with E-state index in [1.165, 1.54) is 0 Å². The molecule has 0 aromatic heterocycles. The number of hydrogen-bond donors (Lipinski definition) is 1. The van der Waals surface area contributed by atoms with Crippen molar-refractivity contribution in [2.75, 3.05) is 27.9 Å². The highest BCUT2D eigenvalue weighted by atomic mass is 16.5. The Hall–Kier alpha value is -1.62. The first-order chi connectivity index (χ1) is 9.15. The van der Waals surface area contributed by atoms with Gasteiger partial charge in [-0.2, -0.15) is 0 Å². The Kier molecular flexibility index (Phi) is 6.29. The molecule has 0 aliphatic rings. The van der Waals surface area contributed by atoms with Crippen molar-refractivity contribution < 1.29 is 24.1 Å². The summed E-state index contributed by atoms with van der Waals surface area (Å²) in [6.45, 7) is 2.26. The van der Waals surface area contributed by atoms with Gasteiger partial charge in [0.25, 0.3) is 0 Å². The highest BCUT2D eigenvalue weighted by Crippen LogP contribution is 2.40. The molecular formula is C14H22O5. The van der Waals surface area contributed by atoms with Crippen LogP contribution in [0.2, 0.25) is 0 Å². The van der Waals surface area contributed by atoms with Gasteiger partial charge in [0.1, 0.15) is 12.4 Å². The SMILES string of the molecule is CCCC(O)COc1cc(OC)c(OC)c(OC)c1. The number of hydrogen-bond acceptors (Lipinski definition) is 5. The Balaban J connectivity index is 2.84. The number of aliphatic hydroxyl groups is 1. The van der Waals surface area contributed by atoms with Crippen LogP contribution in [0.25, 0.3) is 0 Å². The van der Waals surface area contributed by atoms with Crippen molar-refractivity contribution in [2.45, 2.75) is 25.9 Å². The summed E-state index contributed by atoms with van der Waals surface area (Å²) in [5, 5.41) is 9.65. The van der Waals surface area contributed by atoms with Gasteiger partial charge in [-0.25, -0.2) is 0 Å². The van der Waals surface area contributed by atoms with E-state index in [9.17, 15) is 5.11 Å². The molecule has 0 aliphatic carbocycles. The zero-order valence-electron chi connectivity index (χ0n) is 11.9. The molecule has 1 aromatic carbocycles. The molecule has 108 valence electrons. The average molecular weight is 270 g/mol. The van der Waals surface area contributed by atoms with Crippen LogP contribution in [0.5, 0.6) is 23.0 Å². The van der Waals surface area contributed by atoms with Crippen LogP contribution in [0.4, 0.5) is 0 Å². The average Bonchev–Trinajstić information content (AvgIpc) is 2.44. The van der Waals surface area contributed by atoms with Crippen molar-refractivity contribution in [1.82, 2.24) is 0 Å². The fourth-order valence-corrected chi connectivity index (χ4v) is 1.75. The number of rotatable bonds is 8. The van der Waals surface area contributed by atoms with E-state index < -0.39 is 6.10 Å². The van der Waals surface area contributed by atoms with E-state index in [2.05, 4.69) is 0 Å². The molecule has 0 amide bonds. The standard InChI is InChI=1S/C14H22O5/c1-5-6-10(15)9-19-11-7-12(16-2)14(18-4)13(8-11)17-3/h7-8,10,15H,5-6,9H2,1-4H3. The second-order valence-electron chi connectivity index (χ2n) is 4.11. The summed E-state index contributed by atoms with van der Waals surface area (Å²) < 4.78 is 21.2. The lowest BCUT2D eigenvalue weighted by Crippen LogP contribution is -2.17. The predicted molar refractivity (Wildman–Crippen MR) is 72.5 cm³/mol. The van der Waals surface area contributed by atoms with Crippen LogP contribution in [-0.4, -0.2) is 39.1 Å². The Morgan fingerprint density at radius 3 is 2.05 bits per heavy atom. The molecular weight excluding hydrogens is 248 g/mol. The van der Waals surface area contributed by atoms with Crippen LogP contribution in [0.15, 0.2) is 12.1 Å². The van der Waals surface area contributed by atoms with E-state index in [4.69, 9.17) is 18.9 Å². The van der Waals surface area contributed by atoms with Gasteiger partial charge in [-0.1, -0.05) is 13.3 Å². The molecule has 0 fully saturated rings. The molecule has 0 saturated heterocycles. The summed E-state index contributed by atoms with van der Waals surface area (Å²) in [6, 6.07) is 3.42. The summed E-state index contributed by atoms with van der Waals surface area (Å²) in [6.07, 6.45) is 1.16. The van der Waals surface area contributed by atoms with Crippen LogP contribution >= 0.6 is 0 Å². The monoisotopic (exact) mass is 270 g/mol. The first-order valence-electron chi connectivity index (χ1n) is 6.27. The number of benzene rings is 1. The Bertz CT molecular complexity index is 366. The number of ether oxygens (including phenoxy) is 4. The van der Waals surface area contributed by atoms with Gasteiger partial charge >= 0.3 is 0 Å². The molecule has 0 aliphatic heterocycles. The maximum atomic E-state index is 9.65. The molecule has 5 heteroatoms. The van der Waals surface area contributed by atoms with Gasteiger partial charge in [-0.05, 0) is 6.42 Å². The summed E-state index contributed by atoms with van der Waals surface area (Å²) >= 11 is 0. The second kappa shape index (κ2) is 7.74. The zero-order valence-corrected chi connectivity index (χ0v) is 11.9. The summed E-state index contributed by atoms with van der Waals surface area (Å²) in [5.74, 6) is 2.15. The lowest BCUT2D eigenvalue weighted by Gasteiger charge is -2.16. The summed E-state index contributed by atoms with van der Waals surface area (Å²) in [7, 11) is 4.64. The molecule has 1 atom stereocenters. The highest BCUT2D eigenvalue weighted by molar-refractivity contribution is 5.55. The van der Waals surface area contributed by atoms with Crippen molar-refractivity contribution in [2.24, 2.45) is 0 Å². The molecule has 5 nitrogen and oxygen atoms in total. The molecule has 0 heterocycles. The lowest BCUT2D eigenvalue weighted by molar-refractivity contribution is 0.0990. The first-order valence-corrected chi connectivity index (χ1v) is 6.27. The zero-order chi connectivity index (χ0) is 14.3. The van der Waals surface area contributed by atoms with Crippen molar-refractivity contribution in [3.8, 4) is 23.0 Å². The van der Waals surface area contributed by atoms with Crippen molar-refractivity contribution in [3.63, 3.8) is 0 Å². The van der Waals surface area contributed by atoms with E-state index in [1.54, 1.807) is 33.5 Å². The van der Waals surface area contributed by atoms with Gasteiger partial charge in [0.15, 0.2) is 11.5 Å². The topological polar surface area (TPSA) is 57.2 Å². The van der Waals surface area contributed by atoms with E-state index in [1.807, 2.05) is 6.92 Å². The molecule has 0 saturated carbocycles. The van der Waals surface area contributed by atoms with Crippen molar-refractivity contribution >= 4 is 0 Å². The Morgan fingerprint density at radius 1 is 1.05 bits per heavy atom. The predicted octanol–water partition coefficient (Wildman–Crippen LogP) is 2.25. The summed E-state index contributed by atoms with van der Waals surface area (Å²) in [4.78, 5) is 0. The second-order valence-corrected chi connectivity index (χ2v) is 4.11. The molecule has 1 aromatic rings. The molecule has 19 heavy (non-hydrogen) atoms. The molecule has 0 spiro atoms. The van der Waals surface area contributed by atoms with E-state index in [-0.39, 0.29) is 6.61 Å².